The molecule has 2 heterocycles. The molecule has 0 fully saturated rings. The number of halogens is 2. The number of benzene rings is 1. The van der Waals surface area contributed by atoms with Crippen molar-refractivity contribution < 1.29 is 8.78 Å². The summed E-state index contributed by atoms with van der Waals surface area (Å²) in [5, 5.41) is 0. The Kier molecular flexibility index (Phi) is 2.63. The molecule has 1 atom stereocenters. The van der Waals surface area contributed by atoms with Crippen molar-refractivity contribution >= 4 is 0 Å². The molecule has 0 aliphatic carbocycles. The molecule has 3 nitrogen and oxygen atoms in total. The molecule has 2 N–H and O–H groups in total. The summed E-state index contributed by atoms with van der Waals surface area (Å²) in [6.45, 7) is 0.708. The van der Waals surface area contributed by atoms with E-state index in [-0.39, 0.29) is 6.04 Å². The van der Waals surface area contributed by atoms with Crippen molar-refractivity contribution in [2.24, 2.45) is 5.73 Å². The zero-order chi connectivity index (χ0) is 12.7. The van der Waals surface area contributed by atoms with Gasteiger partial charge in [0.05, 0.1) is 5.69 Å². The molecule has 0 saturated carbocycles. The fraction of sp³-hybridized carbons (Fsp3) is 0.308. The number of nitrogens with zero attached hydrogens (tertiary/aromatic N) is 2. The molecule has 0 spiro atoms. The van der Waals surface area contributed by atoms with E-state index in [1.165, 1.54) is 12.1 Å². The summed E-state index contributed by atoms with van der Waals surface area (Å²) < 4.78 is 28.3. The number of rotatable bonds is 1. The molecule has 1 unspecified atom stereocenters. The molecule has 5 heteroatoms. The van der Waals surface area contributed by atoms with Crippen LogP contribution in [0.4, 0.5) is 8.78 Å². The quantitative estimate of drug-likeness (QED) is 0.841. The van der Waals surface area contributed by atoms with E-state index < -0.39 is 11.6 Å². The topological polar surface area (TPSA) is 43.8 Å². The van der Waals surface area contributed by atoms with Gasteiger partial charge in [-0.1, -0.05) is 0 Å². The minimum atomic E-state index is -0.590. The molecule has 1 aliphatic heterocycles. The first-order valence-corrected chi connectivity index (χ1v) is 5.90. The predicted octanol–water partition coefficient (Wildman–Crippen LogP) is 2.10. The average molecular weight is 249 g/mol. The van der Waals surface area contributed by atoms with Gasteiger partial charge in [0.2, 0.25) is 0 Å². The third-order valence-electron chi connectivity index (χ3n) is 3.19. The van der Waals surface area contributed by atoms with Gasteiger partial charge in [-0.3, -0.25) is 0 Å². The number of fused-ring (bicyclic) bond motifs is 1. The van der Waals surface area contributed by atoms with Gasteiger partial charge in [-0.05, 0) is 18.6 Å². The number of imidazole rings is 1. The number of aromatic nitrogens is 2. The molecule has 18 heavy (non-hydrogen) atoms. The fourth-order valence-corrected chi connectivity index (χ4v) is 2.31. The first-order valence-electron chi connectivity index (χ1n) is 5.90. The molecular weight excluding hydrogens is 236 g/mol. The Morgan fingerprint density at radius 1 is 1.22 bits per heavy atom. The van der Waals surface area contributed by atoms with Crippen LogP contribution < -0.4 is 5.73 Å². The molecule has 0 bridgehead atoms. The molecule has 0 saturated heterocycles. The van der Waals surface area contributed by atoms with Gasteiger partial charge < -0.3 is 10.3 Å². The summed E-state index contributed by atoms with van der Waals surface area (Å²) in [4.78, 5) is 4.41. The van der Waals surface area contributed by atoms with Gasteiger partial charge in [0.15, 0.2) is 0 Å². The van der Waals surface area contributed by atoms with E-state index in [4.69, 9.17) is 5.73 Å². The lowest BCUT2D eigenvalue weighted by Gasteiger charge is -2.19. The van der Waals surface area contributed by atoms with Crippen LogP contribution in [0.1, 0.15) is 12.2 Å². The maximum Gasteiger partial charge on any atom is 0.126 e. The van der Waals surface area contributed by atoms with Gasteiger partial charge >= 0.3 is 0 Å². The van der Waals surface area contributed by atoms with Crippen molar-refractivity contribution in [2.75, 3.05) is 0 Å². The minimum absolute atomic E-state index is 0.129. The minimum Gasteiger partial charge on any atom is -0.333 e. The van der Waals surface area contributed by atoms with Crippen LogP contribution in [-0.2, 0) is 13.0 Å². The van der Waals surface area contributed by atoms with E-state index in [1.54, 1.807) is 0 Å². The monoisotopic (exact) mass is 249 g/mol. The molecule has 1 aromatic carbocycles. The van der Waals surface area contributed by atoms with Gasteiger partial charge in [0.25, 0.3) is 0 Å². The second kappa shape index (κ2) is 4.17. The summed E-state index contributed by atoms with van der Waals surface area (Å²) in [7, 11) is 0. The average Bonchev–Trinajstić information content (AvgIpc) is 2.70. The van der Waals surface area contributed by atoms with Gasteiger partial charge in [-0.15, -0.1) is 0 Å². The van der Waals surface area contributed by atoms with Gasteiger partial charge in [-0.25, -0.2) is 13.8 Å². The molecular formula is C13H13F2N3. The molecule has 1 aliphatic rings. The Bertz CT molecular complexity index is 572. The van der Waals surface area contributed by atoms with Crippen LogP contribution in [0, 0.1) is 11.6 Å². The third kappa shape index (κ3) is 2.01. The van der Waals surface area contributed by atoms with E-state index in [0.717, 1.165) is 24.7 Å². The normalized spacial score (nSPS) is 18.7. The molecule has 3 rings (SSSR count). The van der Waals surface area contributed by atoms with Crippen LogP contribution in [0.2, 0.25) is 0 Å². The highest BCUT2D eigenvalue weighted by atomic mass is 19.1. The Morgan fingerprint density at radius 2 is 1.94 bits per heavy atom. The molecule has 1 aromatic heterocycles. The van der Waals surface area contributed by atoms with Gasteiger partial charge in [0, 0.05) is 36.8 Å². The van der Waals surface area contributed by atoms with E-state index in [9.17, 15) is 8.78 Å². The Morgan fingerprint density at radius 3 is 2.67 bits per heavy atom. The van der Waals surface area contributed by atoms with Crippen LogP contribution in [0.5, 0.6) is 0 Å². The zero-order valence-electron chi connectivity index (χ0n) is 9.74. The SMILES string of the molecule is NC1CCc2nc(-c3cc(F)cc(F)c3)cn2C1. The maximum absolute atomic E-state index is 13.2. The zero-order valence-corrected chi connectivity index (χ0v) is 9.74. The van der Waals surface area contributed by atoms with Crippen molar-refractivity contribution in [2.45, 2.75) is 25.4 Å². The summed E-state index contributed by atoms with van der Waals surface area (Å²) in [6, 6.07) is 3.56. The highest BCUT2D eigenvalue weighted by molar-refractivity contribution is 5.58. The number of nitrogens with two attached hydrogens (primary N) is 1. The lowest BCUT2D eigenvalue weighted by atomic mass is 10.1. The summed E-state index contributed by atoms with van der Waals surface area (Å²) in [6.07, 6.45) is 3.51. The first-order chi connectivity index (χ1) is 8.61. The van der Waals surface area contributed by atoms with E-state index >= 15 is 0 Å². The van der Waals surface area contributed by atoms with Crippen molar-refractivity contribution in [3.8, 4) is 11.3 Å². The smallest absolute Gasteiger partial charge is 0.126 e. The first kappa shape index (κ1) is 11.3. The Labute approximate surface area is 103 Å². The van der Waals surface area contributed by atoms with Crippen molar-refractivity contribution in [1.82, 2.24) is 9.55 Å². The van der Waals surface area contributed by atoms with Gasteiger partial charge in [0.1, 0.15) is 17.5 Å². The van der Waals surface area contributed by atoms with Gasteiger partial charge in [-0.2, -0.15) is 0 Å². The van der Waals surface area contributed by atoms with Crippen molar-refractivity contribution in [3.05, 3.63) is 41.9 Å². The standard InChI is InChI=1S/C13H13F2N3/c14-9-3-8(4-10(15)5-9)12-7-18-6-11(16)1-2-13(18)17-12/h3-5,7,11H,1-2,6,16H2. The lowest BCUT2D eigenvalue weighted by molar-refractivity contribution is 0.453. The van der Waals surface area contributed by atoms with Crippen molar-refractivity contribution in [3.63, 3.8) is 0 Å². The molecule has 2 aromatic rings. The molecule has 0 radical (unpaired) electrons. The van der Waals surface area contributed by atoms with E-state index in [0.29, 0.717) is 17.8 Å². The van der Waals surface area contributed by atoms with Crippen LogP contribution in [-0.4, -0.2) is 15.6 Å². The number of aryl methyl sites for hydroxylation is 1. The number of hydrogen-bond acceptors (Lipinski definition) is 2. The maximum atomic E-state index is 13.2. The van der Waals surface area contributed by atoms with Crippen LogP contribution in [0.3, 0.4) is 0 Å². The highest BCUT2D eigenvalue weighted by Gasteiger charge is 2.18. The third-order valence-corrected chi connectivity index (χ3v) is 3.19. The fourth-order valence-electron chi connectivity index (χ4n) is 2.31. The Hall–Kier alpha value is -1.75. The largest absolute Gasteiger partial charge is 0.333 e. The predicted molar refractivity (Wildman–Crippen MR) is 63.9 cm³/mol. The summed E-state index contributed by atoms with van der Waals surface area (Å²) >= 11 is 0. The van der Waals surface area contributed by atoms with Crippen LogP contribution in [0.15, 0.2) is 24.4 Å². The lowest BCUT2D eigenvalue weighted by Crippen LogP contribution is -2.31. The van der Waals surface area contributed by atoms with Crippen LogP contribution in [0.25, 0.3) is 11.3 Å². The second-order valence-electron chi connectivity index (χ2n) is 4.65. The summed E-state index contributed by atoms with van der Waals surface area (Å²) in [5.41, 5.74) is 6.93. The van der Waals surface area contributed by atoms with E-state index in [2.05, 4.69) is 4.98 Å². The van der Waals surface area contributed by atoms with Crippen LogP contribution >= 0.6 is 0 Å². The molecule has 94 valence electrons. The van der Waals surface area contributed by atoms with E-state index in [1.807, 2.05) is 10.8 Å². The molecule has 0 amide bonds. The number of hydrogen-bond donors (Lipinski definition) is 1. The summed E-state index contributed by atoms with van der Waals surface area (Å²) in [5.74, 6) is -0.253. The Balaban J connectivity index is 2.02. The highest BCUT2D eigenvalue weighted by Crippen LogP contribution is 2.23. The van der Waals surface area contributed by atoms with Crippen molar-refractivity contribution in [1.29, 1.82) is 0 Å². The second-order valence-corrected chi connectivity index (χ2v) is 4.65.